The first kappa shape index (κ1) is 55.0. The summed E-state index contributed by atoms with van der Waals surface area (Å²) in [6.07, 6.45) is 2.87. The Balaban J connectivity index is 0.000000186. The number of sulfone groups is 2. The predicted molar refractivity (Wildman–Crippen MR) is 260 cm³/mol. The molecule has 6 fully saturated rings. The SMILES string of the molecule is Cn1cc(-c2ccc(S(=O)(=O)[C@@H]3C[C@H](OC4CCCC4)[C@@H](C(=O)NC4(C#N)CC4)C3)c(C(F)(F)F)c2)cn1.Cn1cc(-c2ccc(S(=O)(=O)[C@H]3C[C@@H](OC4CCCC4)[C@H](C(=O)NC4(C#N)CC4)C3)c(C(F)(F)F)c2)cn1. The highest BCUT2D eigenvalue weighted by molar-refractivity contribution is 7.92. The van der Waals surface area contributed by atoms with Crippen LogP contribution in [0.2, 0.25) is 0 Å². The Hall–Kier alpha value is -5.82. The molecule has 0 bridgehead atoms. The second-order valence-electron chi connectivity index (χ2n) is 21.2. The number of benzene rings is 2. The number of carbonyl (C=O) groups excluding carboxylic acids is 2. The van der Waals surface area contributed by atoms with Crippen molar-refractivity contribution < 1.29 is 62.2 Å². The van der Waals surface area contributed by atoms with E-state index in [-0.39, 0.29) is 49.0 Å². The van der Waals surface area contributed by atoms with Gasteiger partial charge in [-0.1, -0.05) is 37.8 Å². The first-order valence-corrected chi connectivity index (χ1v) is 28.6. The number of rotatable bonds is 14. The fourth-order valence-electron chi connectivity index (χ4n) is 11.1. The second-order valence-corrected chi connectivity index (χ2v) is 25.6. The van der Waals surface area contributed by atoms with Crippen molar-refractivity contribution in [1.29, 1.82) is 10.5 Å². The fourth-order valence-corrected chi connectivity index (χ4v) is 15.1. The average Bonchev–Trinajstić information content (AvgIpc) is 3.86. The summed E-state index contributed by atoms with van der Waals surface area (Å²) < 4.78 is 155. The van der Waals surface area contributed by atoms with Crippen LogP contribution >= 0.6 is 0 Å². The van der Waals surface area contributed by atoms with Gasteiger partial charge in [-0.2, -0.15) is 47.1 Å². The van der Waals surface area contributed by atoms with Gasteiger partial charge in [0, 0.05) is 37.6 Å². The average molecular weight is 1100 g/mol. The van der Waals surface area contributed by atoms with Crippen molar-refractivity contribution in [1.82, 2.24) is 30.2 Å². The minimum Gasteiger partial charge on any atom is -0.374 e. The number of hydrogen-bond acceptors (Lipinski definition) is 12. The molecule has 2 N–H and O–H groups in total. The molecule has 2 aromatic heterocycles. The van der Waals surface area contributed by atoms with Gasteiger partial charge in [0.1, 0.15) is 11.1 Å². The van der Waals surface area contributed by atoms with E-state index in [2.05, 4.69) is 33.0 Å². The molecule has 76 heavy (non-hydrogen) atoms. The highest BCUT2D eigenvalue weighted by atomic mass is 32.2. The van der Waals surface area contributed by atoms with Gasteiger partial charge in [0.2, 0.25) is 11.8 Å². The lowest BCUT2D eigenvalue weighted by molar-refractivity contribution is -0.140. The summed E-state index contributed by atoms with van der Waals surface area (Å²) in [5.74, 6) is -2.70. The number of aryl methyl sites for hydroxylation is 2. The number of nitrogens with one attached hydrogen (secondary N) is 2. The quantitative estimate of drug-likeness (QED) is 0.114. The molecular formula is C52H58F6N8O8S2. The monoisotopic (exact) mass is 1100 g/mol. The highest BCUT2D eigenvalue weighted by Gasteiger charge is 2.54. The lowest BCUT2D eigenvalue weighted by atomic mass is 10.0. The van der Waals surface area contributed by atoms with E-state index in [1.165, 1.54) is 33.9 Å². The smallest absolute Gasteiger partial charge is 0.374 e. The van der Waals surface area contributed by atoms with E-state index in [1.54, 1.807) is 26.5 Å². The van der Waals surface area contributed by atoms with Crippen LogP contribution in [0.25, 0.3) is 22.3 Å². The standard InChI is InChI=1S/2C26H29F3N4O4S/c2*1-33-14-17(13-31-33)16-6-7-23(21(10-16)26(27,28)29)38(35,36)19-11-20(24(34)32-25(15-30)8-9-25)22(12-19)37-18-4-2-3-5-18/h2*6-7,10,13-14,18-20,22H,2-5,8-9,11-12H2,1H3,(H,32,34)/t2*19-,20-,22-/m10/s1. The van der Waals surface area contributed by atoms with E-state index < -0.39 is 110 Å². The van der Waals surface area contributed by atoms with Crippen molar-refractivity contribution in [3.8, 4) is 34.4 Å². The van der Waals surface area contributed by atoms with Crippen LogP contribution in [0.15, 0.2) is 71.0 Å². The Kier molecular flexibility index (Phi) is 15.1. The third-order valence-electron chi connectivity index (χ3n) is 15.7. The van der Waals surface area contributed by atoms with Crippen molar-refractivity contribution in [2.45, 2.75) is 171 Å². The van der Waals surface area contributed by atoms with Crippen molar-refractivity contribution in [2.75, 3.05) is 0 Å². The molecule has 0 radical (unpaired) electrons. The first-order chi connectivity index (χ1) is 35.8. The summed E-state index contributed by atoms with van der Waals surface area (Å²) in [6, 6.07) is 10.5. The molecule has 2 heterocycles. The molecule has 2 amide bonds. The molecule has 0 aliphatic heterocycles. The molecule has 6 aliphatic carbocycles. The molecule has 4 aromatic rings. The molecule has 6 aliphatic rings. The van der Waals surface area contributed by atoms with Gasteiger partial charge in [0.05, 0.1) is 92.2 Å². The molecule has 24 heteroatoms. The number of ether oxygens (including phenoxy) is 2. The Labute approximate surface area is 436 Å². The lowest BCUT2D eigenvalue weighted by Gasteiger charge is -2.24. The summed E-state index contributed by atoms with van der Waals surface area (Å²) in [5.41, 5.74) is -3.15. The molecule has 6 saturated carbocycles. The molecule has 408 valence electrons. The molecular weight excluding hydrogens is 1040 g/mol. The van der Waals surface area contributed by atoms with E-state index in [4.69, 9.17) is 9.47 Å². The van der Waals surface area contributed by atoms with Gasteiger partial charge < -0.3 is 20.1 Å². The zero-order valence-corrected chi connectivity index (χ0v) is 43.4. The molecule has 6 atom stereocenters. The number of aromatic nitrogens is 4. The Morgan fingerprint density at radius 3 is 1.25 bits per heavy atom. The maximum Gasteiger partial charge on any atom is 0.417 e. The highest BCUT2D eigenvalue weighted by Crippen LogP contribution is 2.46. The first-order valence-electron chi connectivity index (χ1n) is 25.5. The van der Waals surface area contributed by atoms with E-state index >= 15 is 0 Å². The van der Waals surface area contributed by atoms with Crippen LogP contribution < -0.4 is 10.6 Å². The van der Waals surface area contributed by atoms with Crippen LogP contribution in [0.1, 0.15) is 114 Å². The number of nitrogens with zero attached hydrogens (tertiary/aromatic N) is 6. The maximum absolute atomic E-state index is 14.1. The lowest BCUT2D eigenvalue weighted by Crippen LogP contribution is -2.43. The summed E-state index contributed by atoms with van der Waals surface area (Å²) in [5, 5.41) is 29.7. The molecule has 0 spiro atoms. The maximum atomic E-state index is 14.1. The normalized spacial score (nSPS) is 25.3. The number of halogens is 6. The molecule has 16 nitrogen and oxygen atoms in total. The molecule has 2 aromatic carbocycles. The largest absolute Gasteiger partial charge is 0.417 e. The number of alkyl halides is 6. The van der Waals surface area contributed by atoms with Crippen molar-refractivity contribution in [3.05, 3.63) is 72.3 Å². The fraction of sp³-hybridized carbons (Fsp3) is 0.577. The van der Waals surface area contributed by atoms with Crippen LogP contribution in [0.5, 0.6) is 0 Å². The molecule has 0 saturated heterocycles. The van der Waals surface area contributed by atoms with Crippen molar-refractivity contribution in [3.63, 3.8) is 0 Å². The van der Waals surface area contributed by atoms with Crippen LogP contribution in [0.3, 0.4) is 0 Å². The van der Waals surface area contributed by atoms with E-state index in [0.717, 1.165) is 75.6 Å². The Bertz CT molecular complexity index is 2950. The van der Waals surface area contributed by atoms with Crippen molar-refractivity contribution >= 4 is 31.5 Å². The minimum absolute atomic E-state index is 0.0852. The third kappa shape index (κ3) is 11.7. The van der Waals surface area contributed by atoms with Crippen LogP contribution in [0.4, 0.5) is 26.3 Å². The van der Waals surface area contributed by atoms with Gasteiger partial charge in [-0.25, -0.2) is 16.8 Å². The summed E-state index contributed by atoms with van der Waals surface area (Å²) in [7, 11) is -5.70. The summed E-state index contributed by atoms with van der Waals surface area (Å²) >= 11 is 0. The van der Waals surface area contributed by atoms with Gasteiger partial charge in [0.15, 0.2) is 19.7 Å². The van der Waals surface area contributed by atoms with E-state index in [0.29, 0.717) is 36.8 Å². The minimum atomic E-state index is -4.92. The topological polar surface area (TPSA) is 228 Å². The summed E-state index contributed by atoms with van der Waals surface area (Å²) in [6.45, 7) is 0. The van der Waals surface area contributed by atoms with Gasteiger partial charge in [0.25, 0.3) is 0 Å². The zero-order chi connectivity index (χ0) is 54.6. The van der Waals surface area contributed by atoms with Crippen molar-refractivity contribution in [2.24, 2.45) is 25.9 Å². The van der Waals surface area contributed by atoms with Crippen LogP contribution in [0, 0.1) is 34.5 Å². The van der Waals surface area contributed by atoms with Gasteiger partial charge in [-0.3, -0.25) is 19.0 Å². The van der Waals surface area contributed by atoms with Crippen LogP contribution in [-0.4, -0.2) is 94.2 Å². The molecule has 10 rings (SSSR count). The predicted octanol–water partition coefficient (Wildman–Crippen LogP) is 8.32. The second kappa shape index (κ2) is 20.9. The number of carbonyl (C=O) groups is 2. The van der Waals surface area contributed by atoms with Gasteiger partial charge in [-0.05, 0) is 112 Å². The number of nitriles is 2. The van der Waals surface area contributed by atoms with E-state index in [1.807, 2.05) is 0 Å². The Morgan fingerprint density at radius 2 is 0.961 bits per heavy atom. The number of hydrogen-bond donors (Lipinski definition) is 2. The van der Waals surface area contributed by atoms with E-state index in [9.17, 15) is 63.3 Å². The molecule has 0 unspecified atom stereocenters. The van der Waals surface area contributed by atoms with Gasteiger partial charge >= 0.3 is 12.4 Å². The zero-order valence-electron chi connectivity index (χ0n) is 41.7. The Morgan fingerprint density at radius 1 is 0.605 bits per heavy atom. The third-order valence-corrected chi connectivity index (χ3v) is 20.2. The van der Waals surface area contributed by atoms with Crippen LogP contribution in [-0.2, 0) is 65.2 Å². The summed E-state index contributed by atoms with van der Waals surface area (Å²) in [4.78, 5) is 24.7. The van der Waals surface area contributed by atoms with Gasteiger partial charge in [-0.15, -0.1) is 0 Å². The number of amides is 2.